The minimum absolute atomic E-state index is 0.635. The topological polar surface area (TPSA) is 9.23 Å². The van der Waals surface area contributed by atoms with Crippen molar-refractivity contribution in [3.05, 3.63) is 47.0 Å². The van der Waals surface area contributed by atoms with Gasteiger partial charge in [0.1, 0.15) is 0 Å². The van der Waals surface area contributed by atoms with E-state index >= 15 is 0 Å². The normalized spacial score (nSPS) is 9.92. The van der Waals surface area contributed by atoms with Crippen molar-refractivity contribution in [3.8, 4) is 0 Å². The molecule has 0 radical (unpaired) electrons. The van der Waals surface area contributed by atoms with E-state index in [1.54, 1.807) is 6.08 Å². The van der Waals surface area contributed by atoms with Gasteiger partial charge in [0.15, 0.2) is 0 Å². The molecular formula is C11H13BrO. The van der Waals surface area contributed by atoms with Gasteiger partial charge in [-0.25, -0.2) is 0 Å². The fourth-order valence-corrected chi connectivity index (χ4v) is 1.27. The average molecular weight is 241 g/mol. The second-order valence-electron chi connectivity index (χ2n) is 2.74. The number of benzene rings is 1. The van der Waals surface area contributed by atoms with Gasteiger partial charge in [0.05, 0.1) is 13.2 Å². The van der Waals surface area contributed by atoms with Gasteiger partial charge in [0.2, 0.25) is 0 Å². The third-order valence-corrected chi connectivity index (χ3v) is 2.21. The number of halogens is 1. The van der Waals surface area contributed by atoms with E-state index in [0.717, 1.165) is 17.5 Å². The summed E-state index contributed by atoms with van der Waals surface area (Å²) < 4.78 is 6.40. The van der Waals surface area contributed by atoms with Crippen molar-refractivity contribution in [2.75, 3.05) is 13.2 Å². The summed E-state index contributed by atoms with van der Waals surface area (Å²) in [5, 5.41) is 0. The molecule has 1 aromatic rings. The summed E-state index contributed by atoms with van der Waals surface area (Å²) in [4.78, 5) is 0. The van der Waals surface area contributed by atoms with Gasteiger partial charge in [-0.2, -0.15) is 0 Å². The van der Waals surface area contributed by atoms with Gasteiger partial charge in [-0.15, -0.1) is 6.58 Å². The molecule has 0 aromatic heterocycles. The SMILES string of the molecule is C=CCOCCc1ccc(Br)cc1. The largest absolute Gasteiger partial charge is 0.377 e. The molecule has 1 rings (SSSR count). The minimum atomic E-state index is 0.635. The molecule has 1 nitrogen and oxygen atoms in total. The lowest BCUT2D eigenvalue weighted by atomic mass is 10.2. The molecule has 0 N–H and O–H groups in total. The third kappa shape index (κ3) is 4.25. The zero-order chi connectivity index (χ0) is 9.52. The van der Waals surface area contributed by atoms with E-state index < -0.39 is 0 Å². The summed E-state index contributed by atoms with van der Waals surface area (Å²) in [7, 11) is 0. The quantitative estimate of drug-likeness (QED) is 0.568. The Morgan fingerprint density at radius 1 is 1.31 bits per heavy atom. The molecule has 13 heavy (non-hydrogen) atoms. The lowest BCUT2D eigenvalue weighted by molar-refractivity contribution is 0.166. The summed E-state index contributed by atoms with van der Waals surface area (Å²) in [6.07, 6.45) is 2.72. The smallest absolute Gasteiger partial charge is 0.0644 e. The molecule has 0 amide bonds. The van der Waals surface area contributed by atoms with Crippen LogP contribution in [-0.2, 0) is 11.2 Å². The Morgan fingerprint density at radius 2 is 2.00 bits per heavy atom. The van der Waals surface area contributed by atoms with Crippen molar-refractivity contribution in [1.82, 2.24) is 0 Å². The van der Waals surface area contributed by atoms with Crippen LogP contribution < -0.4 is 0 Å². The maximum Gasteiger partial charge on any atom is 0.0644 e. The Kier molecular flexibility index (Phi) is 4.79. The van der Waals surface area contributed by atoms with Gasteiger partial charge in [-0.3, -0.25) is 0 Å². The number of hydrogen-bond acceptors (Lipinski definition) is 1. The van der Waals surface area contributed by atoms with Gasteiger partial charge in [0, 0.05) is 4.47 Å². The second kappa shape index (κ2) is 5.95. The highest BCUT2D eigenvalue weighted by molar-refractivity contribution is 9.10. The van der Waals surface area contributed by atoms with Crippen LogP contribution in [0.4, 0.5) is 0 Å². The van der Waals surface area contributed by atoms with Crippen molar-refractivity contribution in [3.63, 3.8) is 0 Å². The molecule has 1 aromatic carbocycles. The van der Waals surface area contributed by atoms with E-state index in [0.29, 0.717) is 6.61 Å². The van der Waals surface area contributed by atoms with E-state index in [1.807, 2.05) is 12.1 Å². The molecule has 0 aliphatic heterocycles. The monoisotopic (exact) mass is 240 g/mol. The minimum Gasteiger partial charge on any atom is -0.377 e. The van der Waals surface area contributed by atoms with Crippen LogP contribution in [0.15, 0.2) is 41.4 Å². The van der Waals surface area contributed by atoms with E-state index in [9.17, 15) is 0 Å². The van der Waals surface area contributed by atoms with Crippen molar-refractivity contribution >= 4 is 15.9 Å². The summed E-state index contributed by atoms with van der Waals surface area (Å²) >= 11 is 3.39. The summed E-state index contributed by atoms with van der Waals surface area (Å²) in [5.41, 5.74) is 1.30. The van der Waals surface area contributed by atoms with Crippen LogP contribution in [0.3, 0.4) is 0 Å². The molecule has 2 heteroatoms. The highest BCUT2D eigenvalue weighted by Gasteiger charge is 1.92. The van der Waals surface area contributed by atoms with Gasteiger partial charge < -0.3 is 4.74 Å². The molecule has 0 saturated heterocycles. The first-order chi connectivity index (χ1) is 6.33. The number of rotatable bonds is 5. The lowest BCUT2D eigenvalue weighted by Gasteiger charge is -2.01. The van der Waals surface area contributed by atoms with E-state index in [2.05, 4.69) is 34.6 Å². The predicted octanol–water partition coefficient (Wildman–Crippen LogP) is 3.19. The molecule has 0 aliphatic rings. The Bertz CT molecular complexity index is 253. The van der Waals surface area contributed by atoms with E-state index in [1.165, 1.54) is 5.56 Å². The number of hydrogen-bond donors (Lipinski definition) is 0. The average Bonchev–Trinajstić information content (AvgIpc) is 2.15. The van der Waals surface area contributed by atoms with Crippen LogP contribution in [0.25, 0.3) is 0 Å². The lowest BCUT2D eigenvalue weighted by Crippen LogP contribution is -1.97. The van der Waals surface area contributed by atoms with Gasteiger partial charge in [-0.05, 0) is 24.1 Å². The highest BCUT2D eigenvalue weighted by atomic mass is 79.9. The highest BCUT2D eigenvalue weighted by Crippen LogP contribution is 2.10. The molecular weight excluding hydrogens is 228 g/mol. The molecule has 0 atom stereocenters. The molecule has 0 heterocycles. The van der Waals surface area contributed by atoms with Crippen molar-refractivity contribution in [2.45, 2.75) is 6.42 Å². The predicted molar refractivity (Wildman–Crippen MR) is 58.9 cm³/mol. The Hall–Kier alpha value is -0.600. The summed E-state index contributed by atoms with van der Waals surface area (Å²) in [6, 6.07) is 8.29. The van der Waals surface area contributed by atoms with Crippen molar-refractivity contribution in [1.29, 1.82) is 0 Å². The third-order valence-electron chi connectivity index (χ3n) is 1.68. The standard InChI is InChI=1S/C11H13BrO/c1-2-8-13-9-7-10-3-5-11(12)6-4-10/h2-6H,1,7-9H2. The van der Waals surface area contributed by atoms with Crippen molar-refractivity contribution < 1.29 is 4.74 Å². The maximum absolute atomic E-state index is 5.29. The molecule has 0 bridgehead atoms. The van der Waals surface area contributed by atoms with Crippen LogP contribution in [0.1, 0.15) is 5.56 Å². The first kappa shape index (κ1) is 10.5. The van der Waals surface area contributed by atoms with E-state index in [-0.39, 0.29) is 0 Å². The zero-order valence-electron chi connectivity index (χ0n) is 7.50. The molecule has 0 spiro atoms. The second-order valence-corrected chi connectivity index (χ2v) is 3.66. The first-order valence-corrected chi connectivity index (χ1v) is 5.05. The van der Waals surface area contributed by atoms with E-state index in [4.69, 9.17) is 4.74 Å². The van der Waals surface area contributed by atoms with Crippen molar-refractivity contribution in [2.24, 2.45) is 0 Å². The molecule has 0 aliphatic carbocycles. The zero-order valence-corrected chi connectivity index (χ0v) is 9.09. The Balaban J connectivity index is 2.28. The van der Waals surface area contributed by atoms with Crippen LogP contribution in [0.2, 0.25) is 0 Å². The Labute approximate surface area is 87.5 Å². The molecule has 0 saturated carbocycles. The van der Waals surface area contributed by atoms with Crippen LogP contribution in [0.5, 0.6) is 0 Å². The first-order valence-electron chi connectivity index (χ1n) is 4.26. The van der Waals surface area contributed by atoms with Crippen LogP contribution in [-0.4, -0.2) is 13.2 Å². The molecule has 0 unspecified atom stereocenters. The van der Waals surface area contributed by atoms with Crippen LogP contribution in [0, 0.1) is 0 Å². The molecule has 0 fully saturated rings. The van der Waals surface area contributed by atoms with Gasteiger partial charge >= 0.3 is 0 Å². The fourth-order valence-electron chi connectivity index (χ4n) is 1.01. The fraction of sp³-hybridized carbons (Fsp3) is 0.273. The summed E-state index contributed by atoms with van der Waals surface area (Å²) in [6.45, 7) is 4.98. The summed E-state index contributed by atoms with van der Waals surface area (Å²) in [5.74, 6) is 0. The van der Waals surface area contributed by atoms with Crippen LogP contribution >= 0.6 is 15.9 Å². The molecule has 70 valence electrons. The van der Waals surface area contributed by atoms with Gasteiger partial charge in [-0.1, -0.05) is 34.1 Å². The Morgan fingerprint density at radius 3 is 2.62 bits per heavy atom. The van der Waals surface area contributed by atoms with Gasteiger partial charge in [0.25, 0.3) is 0 Å². The maximum atomic E-state index is 5.29. The number of ether oxygens (including phenoxy) is 1.